The number of benzene rings is 1. The van der Waals surface area contributed by atoms with E-state index in [1.165, 1.54) is 4.31 Å². The van der Waals surface area contributed by atoms with Crippen molar-refractivity contribution < 1.29 is 22.5 Å². The van der Waals surface area contributed by atoms with Gasteiger partial charge in [-0.2, -0.15) is 4.98 Å². The highest BCUT2D eigenvalue weighted by Gasteiger charge is 2.59. The van der Waals surface area contributed by atoms with Crippen LogP contribution in [0.3, 0.4) is 0 Å². The van der Waals surface area contributed by atoms with Crippen LogP contribution >= 0.6 is 0 Å². The molecule has 1 aromatic carbocycles. The number of anilines is 1. The lowest BCUT2D eigenvalue weighted by atomic mass is 9.81. The second kappa shape index (κ2) is 7.55. The minimum Gasteiger partial charge on any atom is -0.497 e. The van der Waals surface area contributed by atoms with Crippen molar-refractivity contribution in [2.24, 2.45) is 5.92 Å². The normalized spacial score (nSPS) is 24.1. The van der Waals surface area contributed by atoms with Gasteiger partial charge in [-0.05, 0) is 26.0 Å². The number of carbonyl (C=O) groups is 1. The van der Waals surface area contributed by atoms with Crippen molar-refractivity contribution in [3.63, 3.8) is 0 Å². The fraction of sp³-hybridized carbons (Fsp3) is 0.526. The molecule has 3 heterocycles. The maximum Gasteiger partial charge on any atom is 0.321 e. The summed E-state index contributed by atoms with van der Waals surface area (Å²) < 4.78 is 37.1. The number of aryl methyl sites for hydroxylation is 1. The number of carbonyl (C=O) groups excluding carboxylic acids is 1. The first-order valence-corrected chi connectivity index (χ1v) is 11.4. The molecule has 2 aliphatic heterocycles. The van der Waals surface area contributed by atoms with Crippen molar-refractivity contribution in [1.29, 1.82) is 0 Å². The summed E-state index contributed by atoms with van der Waals surface area (Å²) in [7, 11) is -1.80. The molecule has 2 fully saturated rings. The van der Waals surface area contributed by atoms with Crippen LogP contribution in [0.1, 0.15) is 18.6 Å². The first kappa shape index (κ1) is 20.6. The summed E-state index contributed by atoms with van der Waals surface area (Å²) >= 11 is 0. The van der Waals surface area contributed by atoms with E-state index in [4.69, 9.17) is 9.26 Å². The monoisotopic (exact) mass is 435 g/mol. The Bertz CT molecular complexity index is 1060. The number of hydrogen-bond acceptors (Lipinski definition) is 7. The van der Waals surface area contributed by atoms with E-state index >= 15 is 0 Å². The minimum absolute atomic E-state index is 0.0265. The average Bonchev–Trinajstić information content (AvgIpc) is 3.40. The molecule has 10 nitrogen and oxygen atoms in total. The van der Waals surface area contributed by atoms with Gasteiger partial charge in [0.1, 0.15) is 5.75 Å². The van der Waals surface area contributed by atoms with Crippen LogP contribution in [0.4, 0.5) is 10.5 Å². The number of hydrogen-bond donors (Lipinski definition) is 1. The maximum absolute atomic E-state index is 12.9. The van der Waals surface area contributed by atoms with Gasteiger partial charge in [-0.15, -0.1) is 0 Å². The first-order chi connectivity index (χ1) is 14.3. The predicted octanol–water partition coefficient (Wildman–Crippen LogP) is 1.45. The van der Waals surface area contributed by atoms with E-state index in [1.807, 2.05) is 0 Å². The fourth-order valence-corrected chi connectivity index (χ4v) is 5.47. The van der Waals surface area contributed by atoms with Crippen LogP contribution in [0.5, 0.6) is 5.75 Å². The van der Waals surface area contributed by atoms with E-state index in [-0.39, 0.29) is 24.2 Å². The predicted molar refractivity (Wildman–Crippen MR) is 109 cm³/mol. The molecule has 2 atom stereocenters. The highest BCUT2D eigenvalue weighted by molar-refractivity contribution is 7.89. The molecule has 0 unspecified atom stereocenters. The Kier molecular flexibility index (Phi) is 5.18. The van der Waals surface area contributed by atoms with Gasteiger partial charge in [-0.3, -0.25) is 0 Å². The highest BCUT2D eigenvalue weighted by atomic mass is 32.2. The quantitative estimate of drug-likeness (QED) is 0.755. The van der Waals surface area contributed by atoms with Crippen LogP contribution in [-0.4, -0.2) is 72.8 Å². The van der Waals surface area contributed by atoms with Crippen LogP contribution in [0.15, 0.2) is 28.8 Å². The van der Waals surface area contributed by atoms with Crippen molar-refractivity contribution in [2.75, 3.05) is 44.4 Å². The number of fused-ring (bicyclic) bond motifs is 1. The van der Waals surface area contributed by atoms with Gasteiger partial charge in [0.05, 0.1) is 18.3 Å². The summed E-state index contributed by atoms with van der Waals surface area (Å²) in [4.78, 5) is 19.0. The van der Waals surface area contributed by atoms with Crippen molar-refractivity contribution in [2.45, 2.75) is 19.3 Å². The summed E-state index contributed by atoms with van der Waals surface area (Å²) in [5.74, 6) is 1.40. The third kappa shape index (κ3) is 3.52. The van der Waals surface area contributed by atoms with Crippen molar-refractivity contribution in [3.05, 3.63) is 36.0 Å². The van der Waals surface area contributed by atoms with E-state index in [0.29, 0.717) is 42.8 Å². The minimum atomic E-state index is -3.36. The second-order valence-corrected chi connectivity index (χ2v) is 9.99. The molecule has 0 bridgehead atoms. The Morgan fingerprint density at radius 2 is 2.17 bits per heavy atom. The Labute approximate surface area is 175 Å². The van der Waals surface area contributed by atoms with Crippen LogP contribution in [0.2, 0.25) is 0 Å². The third-order valence-corrected chi connectivity index (χ3v) is 7.69. The topological polar surface area (TPSA) is 118 Å². The molecule has 162 valence electrons. The SMILES string of the molecule is CCS(=O)(=O)N1C[C@@H]2CN(C(=O)Nc3cccc(OC)c3)C[C@]2(c2nc(C)no2)C1. The smallest absolute Gasteiger partial charge is 0.321 e. The van der Waals surface area contributed by atoms with Crippen LogP contribution in [0.25, 0.3) is 0 Å². The van der Waals surface area contributed by atoms with Crippen molar-refractivity contribution >= 4 is 21.7 Å². The van der Waals surface area contributed by atoms with Gasteiger partial charge in [0.2, 0.25) is 15.9 Å². The standard InChI is InChI=1S/C19H25N5O5S/c1-4-30(26,27)24-10-14-9-23(11-19(14,12-24)17-20-13(2)22-29-17)18(25)21-15-6-5-7-16(8-15)28-3/h5-8,14H,4,9-12H2,1-3H3,(H,21,25)/t14-,19-/m0/s1. The number of rotatable bonds is 5. The first-order valence-electron chi connectivity index (χ1n) is 9.76. The van der Waals surface area contributed by atoms with E-state index in [9.17, 15) is 13.2 Å². The van der Waals surface area contributed by atoms with Crippen molar-refractivity contribution in [3.8, 4) is 5.75 Å². The van der Waals surface area contributed by atoms with E-state index < -0.39 is 15.4 Å². The van der Waals surface area contributed by atoms with E-state index in [0.717, 1.165) is 0 Å². The van der Waals surface area contributed by atoms with E-state index in [1.54, 1.807) is 50.1 Å². The van der Waals surface area contributed by atoms with Crippen LogP contribution in [0, 0.1) is 12.8 Å². The molecule has 11 heteroatoms. The zero-order chi connectivity index (χ0) is 21.5. The maximum atomic E-state index is 12.9. The molecule has 1 N–H and O–H groups in total. The molecule has 0 radical (unpaired) electrons. The molecular weight excluding hydrogens is 410 g/mol. The molecule has 0 saturated carbocycles. The number of likely N-dealkylation sites (tertiary alicyclic amines) is 1. The molecule has 0 aliphatic carbocycles. The van der Waals surface area contributed by atoms with Gasteiger partial charge in [-0.1, -0.05) is 11.2 Å². The number of urea groups is 1. The van der Waals surface area contributed by atoms with E-state index in [2.05, 4.69) is 15.5 Å². The van der Waals surface area contributed by atoms with Crippen LogP contribution in [-0.2, 0) is 15.4 Å². The second-order valence-electron chi connectivity index (χ2n) is 7.74. The molecule has 0 spiro atoms. The van der Waals surface area contributed by atoms with Gasteiger partial charge in [-0.25, -0.2) is 17.5 Å². The summed E-state index contributed by atoms with van der Waals surface area (Å²) in [6.45, 7) is 4.58. The number of methoxy groups -OCH3 is 1. The molecule has 2 aromatic rings. The third-order valence-electron chi connectivity index (χ3n) is 5.90. The van der Waals surface area contributed by atoms with Gasteiger partial charge in [0, 0.05) is 43.9 Å². The lowest BCUT2D eigenvalue weighted by molar-refractivity contribution is 0.212. The van der Waals surface area contributed by atoms with Crippen LogP contribution < -0.4 is 10.1 Å². The largest absolute Gasteiger partial charge is 0.497 e. The lowest BCUT2D eigenvalue weighted by Crippen LogP contribution is -2.42. The number of amides is 2. The number of ether oxygens (including phenoxy) is 1. The number of sulfonamides is 1. The highest BCUT2D eigenvalue weighted by Crippen LogP contribution is 2.45. The molecule has 2 saturated heterocycles. The summed E-state index contributed by atoms with van der Waals surface area (Å²) in [6.07, 6.45) is 0. The molecule has 4 rings (SSSR count). The molecule has 2 amide bonds. The Hall–Kier alpha value is -2.66. The Morgan fingerprint density at radius 1 is 1.37 bits per heavy atom. The van der Waals surface area contributed by atoms with Gasteiger partial charge >= 0.3 is 6.03 Å². The van der Waals surface area contributed by atoms with Gasteiger partial charge in [0.25, 0.3) is 0 Å². The van der Waals surface area contributed by atoms with Gasteiger partial charge < -0.3 is 19.5 Å². The fourth-order valence-electron chi connectivity index (χ4n) is 4.27. The average molecular weight is 436 g/mol. The molecule has 2 aliphatic rings. The summed E-state index contributed by atoms with van der Waals surface area (Å²) in [5, 5.41) is 6.78. The molecule has 30 heavy (non-hydrogen) atoms. The summed E-state index contributed by atoms with van der Waals surface area (Å²) in [6, 6.07) is 6.85. The molecular formula is C19H25N5O5S. The summed E-state index contributed by atoms with van der Waals surface area (Å²) in [5.41, 5.74) is -0.0934. The number of aromatic nitrogens is 2. The number of nitrogens with one attached hydrogen (secondary N) is 1. The van der Waals surface area contributed by atoms with Crippen molar-refractivity contribution in [1.82, 2.24) is 19.3 Å². The Balaban J connectivity index is 1.58. The molecule has 1 aromatic heterocycles. The zero-order valence-electron chi connectivity index (χ0n) is 17.2. The van der Waals surface area contributed by atoms with Gasteiger partial charge in [0.15, 0.2) is 5.82 Å². The Morgan fingerprint density at radius 3 is 2.83 bits per heavy atom. The number of nitrogens with zero attached hydrogens (tertiary/aromatic N) is 4. The lowest BCUT2D eigenvalue weighted by Gasteiger charge is -2.25. The zero-order valence-corrected chi connectivity index (χ0v) is 18.0.